The molecular weight excluding hydrogens is 901 g/mol. The fraction of sp³-hybridized carbons (Fsp3) is 0.600. The SMILES string of the molecule is CCCN(C)C(=O)C[C@H](CC(C)C)NC(=O)c1cc(-c2c(OC)cccc2OC)n(C(C)C(C)C)n1.CCCN(C)C(=O)C[C@H](CC(C)C)NC(=O)c1cc(-c2c(OC)cccc2OC)n(CC(C)C)n1. The zero-order chi connectivity index (χ0) is 53.1. The van der Waals surface area contributed by atoms with E-state index in [2.05, 4.69) is 78.0 Å². The third kappa shape index (κ3) is 17.1. The van der Waals surface area contributed by atoms with E-state index in [0.29, 0.717) is 84.6 Å². The molecule has 0 bridgehead atoms. The number of carbonyl (C=O) groups is 4. The number of amides is 4. The number of carbonyl (C=O) groups excluding carboxylic acids is 4. The molecule has 0 spiro atoms. The molecule has 394 valence electrons. The van der Waals surface area contributed by atoms with Crippen molar-refractivity contribution in [2.75, 3.05) is 55.6 Å². The van der Waals surface area contributed by atoms with Gasteiger partial charge in [-0.05, 0) is 92.7 Å². The summed E-state index contributed by atoms with van der Waals surface area (Å²) in [5, 5.41) is 15.5. The highest BCUT2D eigenvalue weighted by molar-refractivity contribution is 5.95. The van der Waals surface area contributed by atoms with Gasteiger partial charge in [0.1, 0.15) is 23.0 Å². The molecule has 0 saturated carbocycles. The van der Waals surface area contributed by atoms with Crippen LogP contribution in [0.5, 0.6) is 23.0 Å². The van der Waals surface area contributed by atoms with Crippen LogP contribution in [0.3, 0.4) is 0 Å². The van der Waals surface area contributed by atoms with Gasteiger partial charge in [0.05, 0.1) is 57.0 Å². The second-order valence-electron chi connectivity index (χ2n) is 20.0. The molecule has 0 aliphatic heterocycles. The van der Waals surface area contributed by atoms with Gasteiger partial charge in [-0.25, -0.2) is 0 Å². The van der Waals surface area contributed by atoms with Crippen LogP contribution in [0.1, 0.15) is 142 Å². The summed E-state index contributed by atoms with van der Waals surface area (Å²) in [6.45, 7) is 25.0. The van der Waals surface area contributed by atoms with E-state index in [9.17, 15) is 19.2 Å². The van der Waals surface area contributed by atoms with Gasteiger partial charge in [0.15, 0.2) is 11.4 Å². The molecule has 2 heterocycles. The second kappa shape index (κ2) is 28.7. The molecule has 2 aromatic carbocycles. The highest BCUT2D eigenvalue weighted by Gasteiger charge is 2.28. The number of rotatable bonds is 26. The Kier molecular flexibility index (Phi) is 24.0. The molecule has 0 aliphatic carbocycles. The predicted octanol–water partition coefficient (Wildman–Crippen LogP) is 9.81. The van der Waals surface area contributed by atoms with Crippen molar-refractivity contribution in [3.63, 3.8) is 0 Å². The van der Waals surface area contributed by atoms with Crippen molar-refractivity contribution in [1.82, 2.24) is 40.0 Å². The topological polar surface area (TPSA) is 171 Å². The summed E-state index contributed by atoms with van der Waals surface area (Å²) in [5.41, 5.74) is 3.59. The average molecular weight is 987 g/mol. The first-order valence-electron chi connectivity index (χ1n) is 25.3. The first-order chi connectivity index (χ1) is 33.6. The van der Waals surface area contributed by atoms with Crippen LogP contribution < -0.4 is 29.6 Å². The highest BCUT2D eigenvalue weighted by Crippen LogP contribution is 2.41. The van der Waals surface area contributed by atoms with E-state index in [0.717, 1.165) is 35.4 Å². The Morgan fingerprint density at radius 3 is 1.31 bits per heavy atom. The van der Waals surface area contributed by atoms with Gasteiger partial charge >= 0.3 is 0 Å². The second-order valence-corrected chi connectivity index (χ2v) is 20.0. The van der Waals surface area contributed by atoms with E-state index < -0.39 is 0 Å². The van der Waals surface area contributed by atoms with Gasteiger partial charge < -0.3 is 39.4 Å². The molecule has 0 aliphatic rings. The van der Waals surface area contributed by atoms with Gasteiger partial charge in [-0.2, -0.15) is 10.2 Å². The number of hydrogen-bond acceptors (Lipinski definition) is 10. The lowest BCUT2D eigenvalue weighted by Crippen LogP contribution is -2.40. The molecule has 2 aromatic heterocycles. The van der Waals surface area contributed by atoms with Crippen LogP contribution in [-0.2, 0) is 16.1 Å². The Bertz CT molecular complexity index is 2270. The summed E-state index contributed by atoms with van der Waals surface area (Å²) >= 11 is 0. The molecule has 0 radical (unpaired) electrons. The van der Waals surface area contributed by atoms with Crippen molar-refractivity contribution in [3.8, 4) is 45.5 Å². The molecule has 16 nitrogen and oxygen atoms in total. The van der Waals surface area contributed by atoms with Gasteiger partial charge in [0.25, 0.3) is 11.8 Å². The summed E-state index contributed by atoms with van der Waals surface area (Å²) < 4.78 is 26.2. The monoisotopic (exact) mass is 987 g/mol. The standard InChI is InChI=1S/C28H44N4O4.C27H42N4O4/c1-10-14-31(7)26(33)16-21(15-18(2)3)29-28(34)22-17-23(32(30-22)20(6)19(4)5)27-24(35-8)12-11-13-25(27)36-9;1-9-13-30(6)25(32)15-20(14-18(2)3)28-27(33)21-16-22(31(29-21)17-19(4)5)26-23(34-7)11-10-12-24(26)35-8/h11-13,17-21H,10,14-16H2,1-9H3,(H,29,34);10-12,16,18-20H,9,13-15,17H2,1-8H3,(H,28,33)/t20?,21-;20-/m00/s1. The molecule has 71 heavy (non-hydrogen) atoms. The molecular formula is C55H86N8O8. The number of methoxy groups -OCH3 is 4. The third-order valence-corrected chi connectivity index (χ3v) is 12.2. The maximum Gasteiger partial charge on any atom is 0.272 e. The summed E-state index contributed by atoms with van der Waals surface area (Å²) in [4.78, 5) is 55.6. The third-order valence-electron chi connectivity index (χ3n) is 12.2. The van der Waals surface area contributed by atoms with Crippen LogP contribution >= 0.6 is 0 Å². The van der Waals surface area contributed by atoms with Gasteiger partial charge in [-0.3, -0.25) is 28.5 Å². The Labute approximate surface area is 424 Å². The van der Waals surface area contributed by atoms with Crippen molar-refractivity contribution < 1.29 is 38.1 Å². The van der Waals surface area contributed by atoms with E-state index in [1.165, 1.54) is 0 Å². The van der Waals surface area contributed by atoms with Crippen molar-refractivity contribution >= 4 is 23.6 Å². The number of ether oxygens (including phenoxy) is 4. The van der Waals surface area contributed by atoms with Crippen molar-refractivity contribution in [1.29, 1.82) is 0 Å². The van der Waals surface area contributed by atoms with E-state index in [4.69, 9.17) is 24.0 Å². The van der Waals surface area contributed by atoms with Crippen LogP contribution in [0, 0.1) is 23.7 Å². The summed E-state index contributed by atoms with van der Waals surface area (Å²) in [5.74, 6) is 3.28. The first kappa shape index (κ1) is 59.2. The number of benzene rings is 2. The largest absolute Gasteiger partial charge is 0.496 e. The Morgan fingerprint density at radius 1 is 0.577 bits per heavy atom. The number of nitrogens with zero attached hydrogens (tertiary/aromatic N) is 6. The summed E-state index contributed by atoms with van der Waals surface area (Å²) in [6.07, 6.45) is 3.72. The zero-order valence-corrected chi connectivity index (χ0v) is 46.0. The molecule has 2 N–H and O–H groups in total. The van der Waals surface area contributed by atoms with Gasteiger partial charge in [-0.15, -0.1) is 0 Å². The number of nitrogens with one attached hydrogen (secondary N) is 2. The lowest BCUT2D eigenvalue weighted by atomic mass is 10.00. The van der Waals surface area contributed by atoms with Crippen LogP contribution in [0.15, 0.2) is 48.5 Å². The van der Waals surface area contributed by atoms with Crippen molar-refractivity contribution in [2.45, 2.75) is 139 Å². The smallest absolute Gasteiger partial charge is 0.272 e. The zero-order valence-electron chi connectivity index (χ0n) is 46.0. The Hall–Kier alpha value is -6.06. The minimum absolute atomic E-state index is 0.0203. The fourth-order valence-corrected chi connectivity index (χ4v) is 8.40. The molecule has 4 amide bonds. The maximum atomic E-state index is 13.4. The molecule has 0 saturated heterocycles. The minimum atomic E-state index is -0.295. The Balaban J connectivity index is 0.000000375. The maximum absolute atomic E-state index is 13.4. The quantitative estimate of drug-likeness (QED) is 0.0617. The van der Waals surface area contributed by atoms with E-state index in [1.54, 1.807) is 57.4 Å². The Morgan fingerprint density at radius 2 is 0.958 bits per heavy atom. The first-order valence-corrected chi connectivity index (χ1v) is 25.3. The molecule has 1 unspecified atom stereocenters. The van der Waals surface area contributed by atoms with E-state index in [-0.39, 0.29) is 60.5 Å². The van der Waals surface area contributed by atoms with E-state index >= 15 is 0 Å². The van der Waals surface area contributed by atoms with Gasteiger partial charge in [-0.1, -0.05) is 81.4 Å². The van der Waals surface area contributed by atoms with Crippen molar-refractivity contribution in [3.05, 3.63) is 59.9 Å². The van der Waals surface area contributed by atoms with Crippen molar-refractivity contribution in [2.24, 2.45) is 23.7 Å². The molecule has 4 rings (SSSR count). The van der Waals surface area contributed by atoms with Crippen LogP contribution in [-0.4, -0.2) is 121 Å². The molecule has 3 atom stereocenters. The molecule has 16 heteroatoms. The molecule has 4 aromatic rings. The van der Waals surface area contributed by atoms with Crippen LogP contribution in [0.4, 0.5) is 0 Å². The van der Waals surface area contributed by atoms with Crippen LogP contribution in [0.25, 0.3) is 22.5 Å². The van der Waals surface area contributed by atoms with Gasteiger partial charge in [0, 0.05) is 58.7 Å². The normalized spacial score (nSPS) is 12.5. The lowest BCUT2D eigenvalue weighted by Gasteiger charge is -2.23. The van der Waals surface area contributed by atoms with Gasteiger partial charge in [0.2, 0.25) is 11.8 Å². The lowest BCUT2D eigenvalue weighted by molar-refractivity contribution is -0.131. The highest BCUT2D eigenvalue weighted by atomic mass is 16.5. The van der Waals surface area contributed by atoms with Crippen LogP contribution in [0.2, 0.25) is 0 Å². The average Bonchev–Trinajstić information content (AvgIpc) is 3.95. The fourth-order valence-electron chi connectivity index (χ4n) is 8.40. The molecule has 0 fully saturated rings. The summed E-state index contributed by atoms with van der Waals surface area (Å²) in [6, 6.07) is 14.2. The predicted molar refractivity (Wildman–Crippen MR) is 282 cm³/mol. The summed E-state index contributed by atoms with van der Waals surface area (Å²) in [7, 11) is 10.1. The van der Waals surface area contributed by atoms with E-state index in [1.807, 2.05) is 66.7 Å². The minimum Gasteiger partial charge on any atom is -0.496 e. The number of hydrogen-bond donors (Lipinski definition) is 2. The number of aromatic nitrogens is 4.